The molecule has 3 rings (SSSR count). The van der Waals surface area contributed by atoms with E-state index in [4.69, 9.17) is 27.9 Å². The van der Waals surface area contributed by atoms with Crippen LogP contribution in [0, 0.1) is 0 Å². The monoisotopic (exact) mass is 390 g/mol. The highest BCUT2D eigenvalue weighted by Gasteiger charge is 2.20. The highest BCUT2D eigenvalue weighted by atomic mass is 35.5. The Balaban J connectivity index is 2.03. The summed E-state index contributed by atoms with van der Waals surface area (Å²) in [5.41, 5.74) is 2.95. The van der Waals surface area contributed by atoms with E-state index in [9.17, 15) is 5.11 Å². The van der Waals surface area contributed by atoms with Crippen molar-refractivity contribution in [2.24, 2.45) is 0 Å². The molecule has 0 spiro atoms. The van der Waals surface area contributed by atoms with E-state index >= 15 is 0 Å². The molecule has 136 valence electrons. The van der Waals surface area contributed by atoms with Crippen LogP contribution in [0.2, 0.25) is 10.0 Å². The number of halogens is 2. The lowest BCUT2D eigenvalue weighted by molar-refractivity contribution is 0.297. The lowest BCUT2D eigenvalue weighted by atomic mass is 10.0. The average Bonchev–Trinajstić information content (AvgIpc) is 2.92. The summed E-state index contributed by atoms with van der Waals surface area (Å²) in [6, 6.07) is 15.2. The molecule has 0 saturated heterocycles. The summed E-state index contributed by atoms with van der Waals surface area (Å²) in [6.07, 6.45) is 1.14. The maximum atomic E-state index is 9.42. The van der Waals surface area contributed by atoms with Crippen molar-refractivity contribution in [3.63, 3.8) is 0 Å². The van der Waals surface area contributed by atoms with Gasteiger partial charge in [-0.2, -0.15) is 5.10 Å². The molecule has 1 N–H and O–H groups in total. The van der Waals surface area contributed by atoms with Gasteiger partial charge in [0.15, 0.2) is 0 Å². The fraction of sp³-hybridized carbons (Fsp3) is 0.250. The van der Waals surface area contributed by atoms with E-state index in [0.717, 1.165) is 16.8 Å². The van der Waals surface area contributed by atoms with Crippen molar-refractivity contribution >= 4 is 23.2 Å². The van der Waals surface area contributed by atoms with E-state index in [0.29, 0.717) is 41.1 Å². The average molecular weight is 391 g/mol. The van der Waals surface area contributed by atoms with Gasteiger partial charge in [-0.05, 0) is 30.7 Å². The Morgan fingerprint density at radius 3 is 2.38 bits per heavy atom. The minimum Gasteiger partial charge on any atom is -0.439 e. The largest absolute Gasteiger partial charge is 0.439 e. The van der Waals surface area contributed by atoms with Gasteiger partial charge in [0, 0.05) is 41.6 Å². The summed E-state index contributed by atoms with van der Waals surface area (Å²) in [4.78, 5) is 0. The van der Waals surface area contributed by atoms with Gasteiger partial charge in [0.2, 0.25) is 5.88 Å². The Morgan fingerprint density at radius 1 is 1.08 bits per heavy atom. The van der Waals surface area contributed by atoms with E-state index in [1.165, 1.54) is 0 Å². The minimum absolute atomic E-state index is 0.0327. The van der Waals surface area contributed by atoms with E-state index in [-0.39, 0.29) is 6.61 Å². The summed E-state index contributed by atoms with van der Waals surface area (Å²) >= 11 is 12.2. The fourth-order valence-corrected chi connectivity index (χ4v) is 3.35. The molecular weight excluding hydrogens is 371 g/mol. The van der Waals surface area contributed by atoms with Gasteiger partial charge in [-0.15, -0.1) is 0 Å². The molecule has 1 aromatic heterocycles. The lowest BCUT2D eigenvalue weighted by Gasteiger charge is -2.11. The van der Waals surface area contributed by atoms with Crippen LogP contribution >= 0.6 is 23.2 Å². The van der Waals surface area contributed by atoms with Crippen LogP contribution in [-0.2, 0) is 19.4 Å². The second kappa shape index (κ2) is 8.58. The Labute approximate surface area is 162 Å². The first kappa shape index (κ1) is 18.8. The highest BCUT2D eigenvalue weighted by Crippen LogP contribution is 2.33. The Hall–Kier alpha value is -2.01. The first-order valence-electron chi connectivity index (χ1n) is 8.48. The molecule has 0 bridgehead atoms. The van der Waals surface area contributed by atoms with Crippen molar-refractivity contribution in [1.82, 2.24) is 9.78 Å². The number of rotatable bonds is 7. The molecule has 6 heteroatoms. The molecule has 0 saturated carbocycles. The molecule has 0 aliphatic carbocycles. The number of benzene rings is 2. The molecule has 0 unspecified atom stereocenters. The van der Waals surface area contributed by atoms with Crippen molar-refractivity contribution in [1.29, 1.82) is 0 Å². The predicted octanol–water partition coefficient (Wildman–Crippen LogP) is 5.13. The van der Waals surface area contributed by atoms with Crippen LogP contribution in [-0.4, -0.2) is 21.5 Å². The quantitative estimate of drug-likeness (QED) is 0.608. The number of aliphatic hydroxyl groups excluding tert-OH is 1. The number of hydrogen-bond acceptors (Lipinski definition) is 3. The Bertz CT molecular complexity index is 859. The molecule has 4 nitrogen and oxygen atoms in total. The normalized spacial score (nSPS) is 10.9. The van der Waals surface area contributed by atoms with Gasteiger partial charge in [-0.1, -0.05) is 53.5 Å². The number of hydrogen-bond donors (Lipinski definition) is 1. The standard InChI is InChI=1S/C20H20Cl2N2O2/c1-2-24-20(26-17-12-15(21)11-16(22)13-17)18(19(23-24)8-9-25)10-14-6-4-3-5-7-14/h3-7,11-13,25H,2,8-10H2,1H3. The molecule has 26 heavy (non-hydrogen) atoms. The third-order valence-corrected chi connectivity index (χ3v) is 4.44. The molecule has 1 heterocycles. The van der Waals surface area contributed by atoms with E-state index in [1.807, 2.05) is 25.1 Å². The van der Waals surface area contributed by atoms with Crippen molar-refractivity contribution < 1.29 is 9.84 Å². The van der Waals surface area contributed by atoms with Crippen LogP contribution in [0.5, 0.6) is 11.6 Å². The second-order valence-corrected chi connectivity index (χ2v) is 6.76. The zero-order valence-electron chi connectivity index (χ0n) is 14.5. The summed E-state index contributed by atoms with van der Waals surface area (Å²) in [6.45, 7) is 2.68. The van der Waals surface area contributed by atoms with Crippen molar-refractivity contribution in [2.45, 2.75) is 26.3 Å². The molecule has 0 aliphatic rings. The molecule has 0 radical (unpaired) electrons. The van der Waals surface area contributed by atoms with Crippen LogP contribution in [0.3, 0.4) is 0 Å². The summed E-state index contributed by atoms with van der Waals surface area (Å²) < 4.78 is 7.95. The third kappa shape index (κ3) is 4.39. The van der Waals surface area contributed by atoms with Gasteiger partial charge in [-0.25, -0.2) is 4.68 Å². The molecule has 3 aromatic rings. The molecule has 0 fully saturated rings. The number of ether oxygens (including phenoxy) is 1. The number of aromatic nitrogens is 2. The summed E-state index contributed by atoms with van der Waals surface area (Å²) in [5, 5.41) is 15.1. The topological polar surface area (TPSA) is 47.3 Å². The van der Waals surface area contributed by atoms with Crippen molar-refractivity contribution in [3.05, 3.63) is 75.4 Å². The van der Waals surface area contributed by atoms with Gasteiger partial charge in [-0.3, -0.25) is 0 Å². The fourth-order valence-electron chi connectivity index (χ4n) is 2.84. The first-order valence-corrected chi connectivity index (χ1v) is 9.23. The SMILES string of the molecule is CCn1nc(CCO)c(Cc2ccccc2)c1Oc1cc(Cl)cc(Cl)c1. The van der Waals surface area contributed by atoms with Gasteiger partial charge < -0.3 is 9.84 Å². The van der Waals surface area contributed by atoms with Gasteiger partial charge >= 0.3 is 0 Å². The maximum Gasteiger partial charge on any atom is 0.221 e. The van der Waals surface area contributed by atoms with Crippen LogP contribution in [0.4, 0.5) is 0 Å². The smallest absolute Gasteiger partial charge is 0.221 e. The highest BCUT2D eigenvalue weighted by molar-refractivity contribution is 6.34. The van der Waals surface area contributed by atoms with Crippen LogP contribution in [0.15, 0.2) is 48.5 Å². The zero-order valence-corrected chi connectivity index (χ0v) is 16.0. The number of nitrogens with zero attached hydrogens (tertiary/aromatic N) is 2. The Kier molecular flexibility index (Phi) is 6.20. The van der Waals surface area contributed by atoms with Crippen LogP contribution < -0.4 is 4.74 Å². The third-order valence-electron chi connectivity index (χ3n) is 4.00. The molecular formula is C20H20Cl2N2O2. The number of aryl methyl sites for hydroxylation is 1. The maximum absolute atomic E-state index is 9.42. The van der Waals surface area contributed by atoms with Gasteiger partial charge in [0.25, 0.3) is 0 Å². The van der Waals surface area contributed by atoms with E-state index in [1.54, 1.807) is 22.9 Å². The predicted molar refractivity (Wildman–Crippen MR) is 104 cm³/mol. The molecule has 0 atom stereocenters. The minimum atomic E-state index is 0.0327. The van der Waals surface area contributed by atoms with Gasteiger partial charge in [0.05, 0.1) is 5.69 Å². The molecule has 0 amide bonds. The zero-order chi connectivity index (χ0) is 18.5. The second-order valence-electron chi connectivity index (χ2n) is 5.89. The number of aliphatic hydroxyl groups is 1. The van der Waals surface area contributed by atoms with E-state index in [2.05, 4.69) is 17.2 Å². The van der Waals surface area contributed by atoms with Crippen molar-refractivity contribution in [3.8, 4) is 11.6 Å². The van der Waals surface area contributed by atoms with Crippen LogP contribution in [0.25, 0.3) is 0 Å². The van der Waals surface area contributed by atoms with Gasteiger partial charge in [0.1, 0.15) is 5.75 Å². The van der Waals surface area contributed by atoms with Crippen molar-refractivity contribution in [2.75, 3.05) is 6.61 Å². The summed E-state index contributed by atoms with van der Waals surface area (Å²) in [5.74, 6) is 1.21. The molecule has 0 aliphatic heterocycles. The van der Waals surface area contributed by atoms with E-state index < -0.39 is 0 Å². The lowest BCUT2D eigenvalue weighted by Crippen LogP contribution is -2.01. The Morgan fingerprint density at radius 2 is 1.77 bits per heavy atom. The molecule has 2 aromatic carbocycles. The summed E-state index contributed by atoms with van der Waals surface area (Å²) in [7, 11) is 0. The first-order chi connectivity index (χ1) is 12.6. The van der Waals surface area contributed by atoms with Crippen LogP contribution in [0.1, 0.15) is 23.7 Å².